The van der Waals surface area contributed by atoms with Crippen LogP contribution in [0.25, 0.3) is 0 Å². The topological polar surface area (TPSA) is 44.5 Å². The Morgan fingerprint density at radius 2 is 2.00 bits per heavy atom. The van der Waals surface area contributed by atoms with E-state index in [4.69, 9.17) is 15.2 Å². The molecule has 0 spiro atoms. The van der Waals surface area contributed by atoms with Crippen molar-refractivity contribution in [3.63, 3.8) is 0 Å². The summed E-state index contributed by atoms with van der Waals surface area (Å²) in [5.74, 6) is 0.929. The lowest BCUT2D eigenvalue weighted by atomic mass is 9.64. The first-order valence-corrected chi connectivity index (χ1v) is 7.45. The largest absolute Gasteiger partial charge is 0.490 e. The van der Waals surface area contributed by atoms with Gasteiger partial charge in [-0.3, -0.25) is 0 Å². The molecule has 1 aliphatic heterocycles. The first kappa shape index (κ1) is 13.2. The van der Waals surface area contributed by atoms with Crippen LogP contribution in [-0.4, -0.2) is 19.8 Å². The van der Waals surface area contributed by atoms with E-state index in [1.54, 1.807) is 6.07 Å². The summed E-state index contributed by atoms with van der Waals surface area (Å²) in [6, 6.07) is 1.66. The van der Waals surface area contributed by atoms with Crippen molar-refractivity contribution in [3.05, 3.63) is 21.9 Å². The molecule has 0 radical (unpaired) electrons. The van der Waals surface area contributed by atoms with E-state index in [0.29, 0.717) is 41.3 Å². The van der Waals surface area contributed by atoms with Crippen LogP contribution in [0.5, 0.6) is 11.5 Å². The molecule has 0 amide bonds. The van der Waals surface area contributed by atoms with E-state index >= 15 is 0 Å². The smallest absolute Gasteiger partial charge is 0.167 e. The summed E-state index contributed by atoms with van der Waals surface area (Å²) in [5.41, 5.74) is 6.23. The second kappa shape index (κ2) is 4.94. The molecule has 3 rings (SSSR count). The fourth-order valence-electron chi connectivity index (χ4n) is 2.89. The number of hydrogen-bond donors (Lipinski definition) is 1. The third-order valence-electron chi connectivity index (χ3n) is 4.16. The second-order valence-electron chi connectivity index (χ2n) is 5.26. The molecule has 1 heterocycles. The Balaban J connectivity index is 2.18. The first-order valence-electron chi connectivity index (χ1n) is 6.66. The highest BCUT2D eigenvalue weighted by Crippen LogP contribution is 2.52. The normalized spacial score (nSPS) is 20.6. The van der Waals surface area contributed by atoms with Gasteiger partial charge in [-0.25, -0.2) is 4.39 Å². The predicted molar refractivity (Wildman–Crippen MR) is 74.3 cm³/mol. The molecule has 1 fully saturated rings. The molecule has 2 aliphatic rings. The monoisotopic (exact) mass is 329 g/mol. The van der Waals surface area contributed by atoms with Crippen LogP contribution in [0.3, 0.4) is 0 Å². The van der Waals surface area contributed by atoms with Gasteiger partial charge in [0.1, 0.15) is 5.82 Å². The van der Waals surface area contributed by atoms with Crippen molar-refractivity contribution in [2.45, 2.75) is 31.1 Å². The molecule has 19 heavy (non-hydrogen) atoms. The number of nitrogens with two attached hydrogens (primary N) is 1. The maximum Gasteiger partial charge on any atom is 0.167 e. The summed E-state index contributed by atoms with van der Waals surface area (Å²) in [7, 11) is 0. The Morgan fingerprint density at radius 3 is 2.63 bits per heavy atom. The van der Waals surface area contributed by atoms with Crippen LogP contribution in [0.15, 0.2) is 10.5 Å². The van der Waals surface area contributed by atoms with E-state index in [1.807, 2.05) is 0 Å². The average Bonchev–Trinajstić information content (AvgIpc) is 2.58. The van der Waals surface area contributed by atoms with Gasteiger partial charge in [0.15, 0.2) is 11.5 Å². The van der Waals surface area contributed by atoms with Gasteiger partial charge in [-0.15, -0.1) is 0 Å². The van der Waals surface area contributed by atoms with Crippen LogP contribution in [0.2, 0.25) is 0 Å². The zero-order chi connectivity index (χ0) is 13.5. The summed E-state index contributed by atoms with van der Waals surface area (Å²) in [5, 5.41) is 0. The lowest BCUT2D eigenvalue weighted by Crippen LogP contribution is -2.42. The van der Waals surface area contributed by atoms with Gasteiger partial charge in [-0.1, -0.05) is 6.42 Å². The molecule has 104 valence electrons. The highest BCUT2D eigenvalue weighted by Gasteiger charge is 2.43. The highest BCUT2D eigenvalue weighted by molar-refractivity contribution is 9.10. The molecule has 0 bridgehead atoms. The molecular weight excluding hydrogens is 313 g/mol. The number of benzene rings is 1. The van der Waals surface area contributed by atoms with Crippen molar-refractivity contribution in [2.24, 2.45) is 5.73 Å². The lowest BCUT2D eigenvalue weighted by Gasteiger charge is -2.42. The summed E-state index contributed by atoms with van der Waals surface area (Å²) in [4.78, 5) is 0. The Labute approximate surface area is 120 Å². The van der Waals surface area contributed by atoms with Crippen LogP contribution in [0.4, 0.5) is 4.39 Å². The molecule has 3 nitrogen and oxygen atoms in total. The Kier molecular flexibility index (Phi) is 3.43. The second-order valence-corrected chi connectivity index (χ2v) is 6.12. The summed E-state index contributed by atoms with van der Waals surface area (Å²) in [6.07, 6.45) is 3.71. The number of rotatable bonds is 2. The van der Waals surface area contributed by atoms with Crippen molar-refractivity contribution in [3.8, 4) is 11.5 Å². The van der Waals surface area contributed by atoms with Crippen molar-refractivity contribution in [1.29, 1.82) is 0 Å². The molecule has 1 saturated carbocycles. The van der Waals surface area contributed by atoms with Crippen molar-refractivity contribution in [1.82, 2.24) is 0 Å². The van der Waals surface area contributed by atoms with Crippen molar-refractivity contribution in [2.75, 3.05) is 19.8 Å². The summed E-state index contributed by atoms with van der Waals surface area (Å²) in [6.45, 7) is 1.60. The van der Waals surface area contributed by atoms with Gasteiger partial charge >= 0.3 is 0 Å². The average molecular weight is 330 g/mol. The first-order chi connectivity index (χ1) is 9.18. The summed E-state index contributed by atoms with van der Waals surface area (Å²) < 4.78 is 26.4. The van der Waals surface area contributed by atoms with Gasteiger partial charge in [0.2, 0.25) is 0 Å². The van der Waals surface area contributed by atoms with Crippen LogP contribution in [0, 0.1) is 5.82 Å². The minimum Gasteiger partial charge on any atom is -0.490 e. The molecule has 0 aromatic heterocycles. The molecule has 5 heteroatoms. The van der Waals surface area contributed by atoms with Gasteiger partial charge in [-0.05, 0) is 28.8 Å². The van der Waals surface area contributed by atoms with Crippen LogP contribution in [0.1, 0.15) is 31.2 Å². The fraction of sp³-hybridized carbons (Fsp3) is 0.571. The van der Waals surface area contributed by atoms with Gasteiger partial charge < -0.3 is 15.2 Å². The molecule has 1 aliphatic carbocycles. The minimum atomic E-state index is -0.286. The maximum absolute atomic E-state index is 14.6. The summed E-state index contributed by atoms with van der Waals surface area (Å²) >= 11 is 3.27. The van der Waals surface area contributed by atoms with E-state index < -0.39 is 0 Å². The molecule has 1 aromatic carbocycles. The van der Waals surface area contributed by atoms with Crippen LogP contribution >= 0.6 is 15.9 Å². The number of hydrogen-bond acceptors (Lipinski definition) is 3. The number of fused-ring (bicyclic) bond motifs is 1. The fourth-order valence-corrected chi connectivity index (χ4v) is 3.29. The van der Waals surface area contributed by atoms with Crippen molar-refractivity contribution < 1.29 is 13.9 Å². The molecular formula is C14H17BrFNO2. The zero-order valence-corrected chi connectivity index (χ0v) is 12.3. The molecule has 0 saturated heterocycles. The van der Waals surface area contributed by atoms with E-state index in [2.05, 4.69) is 15.9 Å². The van der Waals surface area contributed by atoms with Gasteiger partial charge in [0.25, 0.3) is 0 Å². The molecule has 2 N–H and O–H groups in total. The standard InChI is InChI=1S/C14H17BrFNO2/c15-9-7-10-13(19-6-2-5-18-10)11(12(9)16)14(8-17)3-1-4-14/h7H,1-6,8,17H2. The number of halogens is 2. The number of ether oxygens (including phenoxy) is 2. The van der Waals surface area contributed by atoms with Crippen molar-refractivity contribution >= 4 is 15.9 Å². The Hall–Kier alpha value is -0.810. The predicted octanol–water partition coefficient (Wildman–Crippen LogP) is 3.13. The third kappa shape index (κ3) is 2.03. The van der Waals surface area contributed by atoms with E-state index in [1.165, 1.54) is 0 Å². The van der Waals surface area contributed by atoms with E-state index in [0.717, 1.165) is 25.7 Å². The lowest BCUT2D eigenvalue weighted by molar-refractivity contribution is 0.227. The molecule has 0 atom stereocenters. The van der Waals surface area contributed by atoms with Crippen LogP contribution in [-0.2, 0) is 5.41 Å². The van der Waals surface area contributed by atoms with Gasteiger partial charge in [0, 0.05) is 30.0 Å². The quantitative estimate of drug-likeness (QED) is 0.906. The molecule has 0 unspecified atom stereocenters. The minimum absolute atomic E-state index is 0.255. The Bertz CT molecular complexity index is 497. The third-order valence-corrected chi connectivity index (χ3v) is 4.74. The van der Waals surface area contributed by atoms with Gasteiger partial charge in [-0.2, -0.15) is 0 Å². The van der Waals surface area contributed by atoms with Crippen LogP contribution < -0.4 is 15.2 Å². The van der Waals surface area contributed by atoms with E-state index in [9.17, 15) is 4.39 Å². The van der Waals surface area contributed by atoms with Gasteiger partial charge in [0.05, 0.1) is 17.7 Å². The zero-order valence-electron chi connectivity index (χ0n) is 10.7. The molecule has 1 aromatic rings. The SMILES string of the molecule is NCC1(c2c(F)c(Br)cc3c2OCCCO3)CCC1. The van der Waals surface area contributed by atoms with E-state index in [-0.39, 0.29) is 11.2 Å². The maximum atomic E-state index is 14.6. The Morgan fingerprint density at radius 1 is 1.26 bits per heavy atom. The highest BCUT2D eigenvalue weighted by atomic mass is 79.9.